The number of hydrogen-bond acceptors (Lipinski definition) is 3. The minimum absolute atomic E-state index is 0.345. The molecule has 174 valence electrons. The van der Waals surface area contributed by atoms with Crippen LogP contribution in [0.4, 0.5) is 0 Å². The van der Waals surface area contributed by atoms with Gasteiger partial charge < -0.3 is 9.30 Å². The predicted molar refractivity (Wildman–Crippen MR) is 138 cm³/mol. The predicted octanol–water partition coefficient (Wildman–Crippen LogP) is 5.14. The van der Waals surface area contributed by atoms with E-state index in [0.717, 1.165) is 32.6 Å². The molecule has 3 heterocycles. The number of para-hydroxylation sites is 2. The van der Waals surface area contributed by atoms with Crippen molar-refractivity contribution in [1.29, 1.82) is 0 Å². The Morgan fingerprint density at radius 1 is 0.886 bits per heavy atom. The van der Waals surface area contributed by atoms with Crippen molar-refractivity contribution in [2.45, 2.75) is 13.0 Å². The van der Waals surface area contributed by atoms with Crippen molar-refractivity contribution in [3.8, 4) is 22.7 Å². The van der Waals surface area contributed by atoms with Gasteiger partial charge in [-0.3, -0.25) is 13.9 Å². The van der Waals surface area contributed by atoms with Crippen LogP contribution in [0.3, 0.4) is 0 Å². The molecule has 0 bridgehead atoms. The Bertz CT molecular complexity index is 1760. The zero-order valence-corrected chi connectivity index (χ0v) is 20.2. The van der Waals surface area contributed by atoms with E-state index in [9.17, 15) is 9.59 Å². The highest BCUT2D eigenvalue weighted by Gasteiger charge is 2.36. The zero-order valence-electron chi connectivity index (χ0n) is 19.4. The number of halogens is 1. The van der Waals surface area contributed by atoms with Crippen LogP contribution in [-0.2, 0) is 14.1 Å². The highest BCUT2D eigenvalue weighted by atomic mass is 35.5. The van der Waals surface area contributed by atoms with Crippen molar-refractivity contribution >= 4 is 22.5 Å². The third-order valence-electron chi connectivity index (χ3n) is 6.68. The third-order valence-corrected chi connectivity index (χ3v) is 6.92. The first-order chi connectivity index (χ1) is 16.9. The molecule has 0 spiro atoms. The molecular weight excluding hydrogens is 462 g/mol. The highest BCUT2D eigenvalue weighted by Crippen LogP contribution is 2.46. The molecule has 0 amide bonds. The van der Waals surface area contributed by atoms with Gasteiger partial charge >= 0.3 is 5.69 Å². The van der Waals surface area contributed by atoms with Crippen molar-refractivity contribution in [3.05, 3.63) is 115 Å². The normalized spacial score (nSPS) is 14.5. The Morgan fingerprint density at radius 2 is 1.63 bits per heavy atom. The average molecular weight is 484 g/mol. The summed E-state index contributed by atoms with van der Waals surface area (Å²) in [6.45, 7) is 2.02. The van der Waals surface area contributed by atoms with Gasteiger partial charge in [0.15, 0.2) is 6.10 Å². The Hall–Kier alpha value is -4.03. The number of rotatable bonds is 2. The lowest BCUT2D eigenvalue weighted by atomic mass is 10.0. The van der Waals surface area contributed by atoms with Gasteiger partial charge in [0.1, 0.15) is 5.75 Å². The molecule has 0 unspecified atom stereocenters. The molecule has 6 nitrogen and oxygen atoms in total. The first kappa shape index (κ1) is 21.5. The number of hydrogen-bond donors (Lipinski definition) is 0. The van der Waals surface area contributed by atoms with Crippen LogP contribution in [0.15, 0.2) is 82.4 Å². The van der Waals surface area contributed by atoms with Crippen LogP contribution >= 0.6 is 11.6 Å². The summed E-state index contributed by atoms with van der Waals surface area (Å²) < 4.78 is 11.3. The van der Waals surface area contributed by atoms with E-state index in [1.165, 1.54) is 11.6 Å². The summed E-state index contributed by atoms with van der Waals surface area (Å²) in [5.74, 6) is 0.681. The van der Waals surface area contributed by atoms with Gasteiger partial charge in [-0.25, -0.2) is 4.79 Å². The average Bonchev–Trinajstić information content (AvgIpc) is 3.23. The molecule has 0 N–H and O–H groups in total. The molecule has 3 aromatic carbocycles. The molecule has 35 heavy (non-hydrogen) atoms. The minimum atomic E-state index is -0.581. The Morgan fingerprint density at radius 3 is 2.37 bits per heavy atom. The van der Waals surface area contributed by atoms with Gasteiger partial charge in [-0.1, -0.05) is 65.7 Å². The van der Waals surface area contributed by atoms with E-state index in [4.69, 9.17) is 16.3 Å². The zero-order chi connectivity index (χ0) is 24.4. The SMILES string of the molecule is Cc1ccc(-c2c3c(=O)n(C)c(=O)n(C)c3c3n2-c2ccccc2O[C@H]3c2cccc(Cl)c2)cc1. The van der Waals surface area contributed by atoms with Gasteiger partial charge in [0, 0.05) is 19.1 Å². The maximum absolute atomic E-state index is 13.7. The first-order valence-corrected chi connectivity index (χ1v) is 11.7. The summed E-state index contributed by atoms with van der Waals surface area (Å²) in [5, 5.41) is 1.05. The standard InChI is InChI=1S/C28H22ClN3O3/c1-16-11-13-17(14-12-16)23-22-24(30(2)28(34)31(3)27(22)33)25-26(18-7-6-8-19(29)15-18)35-21-10-5-4-9-20(21)32(23)25/h4-15,26H,1-3H3/t26-/m0/s1. The lowest BCUT2D eigenvalue weighted by molar-refractivity contribution is 0.229. The van der Waals surface area contributed by atoms with Crippen molar-refractivity contribution in [1.82, 2.24) is 13.7 Å². The summed E-state index contributed by atoms with van der Waals surface area (Å²) in [5.41, 5.74) is 4.89. The van der Waals surface area contributed by atoms with Gasteiger partial charge in [-0.05, 0) is 42.3 Å². The lowest BCUT2D eigenvalue weighted by Crippen LogP contribution is -2.37. The van der Waals surface area contributed by atoms with E-state index in [1.54, 1.807) is 7.05 Å². The van der Waals surface area contributed by atoms with Crippen LogP contribution in [0.5, 0.6) is 5.75 Å². The number of nitrogens with zero attached hydrogens (tertiary/aromatic N) is 3. The van der Waals surface area contributed by atoms with E-state index in [1.807, 2.05) is 79.7 Å². The number of aromatic nitrogens is 3. The summed E-state index contributed by atoms with van der Waals surface area (Å²) in [4.78, 5) is 26.7. The second kappa shape index (κ2) is 7.75. The van der Waals surface area contributed by atoms with Crippen molar-refractivity contribution in [2.75, 3.05) is 0 Å². The monoisotopic (exact) mass is 483 g/mol. The molecule has 0 saturated heterocycles. The van der Waals surface area contributed by atoms with E-state index < -0.39 is 11.8 Å². The second-order valence-corrected chi connectivity index (χ2v) is 9.32. The van der Waals surface area contributed by atoms with Gasteiger partial charge in [-0.2, -0.15) is 0 Å². The number of ether oxygens (including phenoxy) is 1. The van der Waals surface area contributed by atoms with Crippen LogP contribution in [0.1, 0.15) is 22.9 Å². The third kappa shape index (κ3) is 3.10. The summed E-state index contributed by atoms with van der Waals surface area (Å²) >= 11 is 6.36. The Kier molecular flexibility index (Phi) is 4.76. The minimum Gasteiger partial charge on any atom is -0.477 e. The number of benzene rings is 3. The molecule has 0 fully saturated rings. The van der Waals surface area contributed by atoms with Crippen LogP contribution in [0, 0.1) is 6.92 Å². The van der Waals surface area contributed by atoms with Crippen molar-refractivity contribution in [2.24, 2.45) is 14.1 Å². The van der Waals surface area contributed by atoms with E-state index >= 15 is 0 Å². The van der Waals surface area contributed by atoms with Gasteiger partial charge in [-0.15, -0.1) is 0 Å². The second-order valence-electron chi connectivity index (χ2n) is 8.89. The molecule has 1 aliphatic heterocycles. The molecule has 1 atom stereocenters. The molecule has 7 heteroatoms. The molecule has 0 aliphatic carbocycles. The van der Waals surface area contributed by atoms with Crippen LogP contribution in [0.25, 0.3) is 27.8 Å². The van der Waals surface area contributed by atoms with Crippen molar-refractivity contribution in [3.63, 3.8) is 0 Å². The highest BCUT2D eigenvalue weighted by molar-refractivity contribution is 6.30. The maximum atomic E-state index is 13.7. The summed E-state index contributed by atoms with van der Waals surface area (Å²) in [6.07, 6.45) is -0.581. The molecule has 0 radical (unpaired) electrons. The lowest BCUT2D eigenvalue weighted by Gasteiger charge is -2.30. The molecule has 2 aromatic heterocycles. The van der Waals surface area contributed by atoms with Crippen LogP contribution in [-0.4, -0.2) is 13.7 Å². The van der Waals surface area contributed by atoms with Gasteiger partial charge in [0.25, 0.3) is 5.56 Å². The van der Waals surface area contributed by atoms with Crippen LogP contribution < -0.4 is 16.0 Å². The fourth-order valence-corrected chi connectivity index (χ4v) is 5.19. The van der Waals surface area contributed by atoms with Gasteiger partial charge in [0.2, 0.25) is 0 Å². The quantitative estimate of drug-likeness (QED) is 0.349. The van der Waals surface area contributed by atoms with E-state index in [-0.39, 0.29) is 5.56 Å². The first-order valence-electron chi connectivity index (χ1n) is 11.3. The molecule has 1 aliphatic rings. The molecule has 0 saturated carbocycles. The molecule has 6 rings (SSSR count). The van der Waals surface area contributed by atoms with Crippen molar-refractivity contribution < 1.29 is 4.74 Å². The smallest absolute Gasteiger partial charge is 0.331 e. The fourth-order valence-electron chi connectivity index (χ4n) is 4.99. The summed E-state index contributed by atoms with van der Waals surface area (Å²) in [6, 6.07) is 23.3. The number of fused-ring (bicyclic) bond motifs is 5. The van der Waals surface area contributed by atoms with E-state index in [2.05, 4.69) is 4.57 Å². The largest absolute Gasteiger partial charge is 0.477 e. The van der Waals surface area contributed by atoms with E-state index in [0.29, 0.717) is 27.4 Å². The summed E-state index contributed by atoms with van der Waals surface area (Å²) in [7, 11) is 3.21. The Balaban J connectivity index is 1.86. The topological polar surface area (TPSA) is 58.2 Å². The fraction of sp³-hybridized carbons (Fsp3) is 0.143. The molecular formula is C28H22ClN3O3. The van der Waals surface area contributed by atoms with Crippen LogP contribution in [0.2, 0.25) is 5.02 Å². The maximum Gasteiger partial charge on any atom is 0.331 e. The van der Waals surface area contributed by atoms with Gasteiger partial charge in [0.05, 0.1) is 28.0 Å². The number of aryl methyl sites for hydroxylation is 2. The Labute approximate surface area is 206 Å². The molecule has 5 aromatic rings.